The van der Waals surface area contributed by atoms with Crippen molar-refractivity contribution >= 4 is 0 Å². The van der Waals surface area contributed by atoms with Gasteiger partial charge in [0.2, 0.25) is 5.88 Å². The largest absolute Gasteiger partial charge is 0.481 e. The first-order valence-corrected chi connectivity index (χ1v) is 6.48. The second kappa shape index (κ2) is 5.59. The molecule has 0 aliphatic carbocycles. The summed E-state index contributed by atoms with van der Waals surface area (Å²) in [6.45, 7) is 5.69. The van der Waals surface area contributed by atoms with Crippen LogP contribution < -0.4 is 4.74 Å². The molecule has 0 saturated carbocycles. The highest BCUT2D eigenvalue weighted by molar-refractivity contribution is 5.37. The molecule has 0 N–H and O–H groups in total. The fourth-order valence-corrected chi connectivity index (χ4v) is 2.62. The van der Waals surface area contributed by atoms with Gasteiger partial charge in [0, 0.05) is 33.2 Å². The van der Waals surface area contributed by atoms with Crippen LogP contribution in [-0.2, 0) is 7.05 Å². The minimum atomic E-state index is -0.280. The first kappa shape index (κ1) is 13.8. The second-order valence-electron chi connectivity index (χ2n) is 5.00. The summed E-state index contributed by atoms with van der Waals surface area (Å²) >= 11 is 0. The van der Waals surface area contributed by atoms with Gasteiger partial charge in [0.05, 0.1) is 24.4 Å². The molecule has 1 fully saturated rings. The van der Waals surface area contributed by atoms with Crippen molar-refractivity contribution in [3.63, 3.8) is 0 Å². The molecular formula is C13H21N5O. The number of piperazine rings is 1. The summed E-state index contributed by atoms with van der Waals surface area (Å²) in [4.78, 5) is 4.48. The van der Waals surface area contributed by atoms with Gasteiger partial charge in [-0.05, 0) is 14.0 Å². The zero-order valence-corrected chi connectivity index (χ0v) is 12.1. The van der Waals surface area contributed by atoms with E-state index in [1.807, 2.05) is 14.0 Å². The average Bonchev–Trinajstić information content (AvgIpc) is 2.67. The van der Waals surface area contributed by atoms with Gasteiger partial charge < -0.3 is 9.64 Å². The second-order valence-corrected chi connectivity index (χ2v) is 5.00. The molecule has 0 spiro atoms. The molecule has 2 heterocycles. The van der Waals surface area contributed by atoms with Crippen LogP contribution in [0, 0.1) is 18.3 Å². The number of likely N-dealkylation sites (N-methyl/N-ethyl adjacent to an activating group) is 1. The lowest BCUT2D eigenvalue weighted by molar-refractivity contribution is 0.131. The van der Waals surface area contributed by atoms with Crippen molar-refractivity contribution < 1.29 is 4.74 Å². The van der Waals surface area contributed by atoms with Crippen LogP contribution in [0.2, 0.25) is 0 Å². The number of aromatic nitrogens is 2. The number of hydrogen-bond donors (Lipinski definition) is 0. The van der Waals surface area contributed by atoms with E-state index < -0.39 is 0 Å². The Morgan fingerprint density at radius 3 is 2.42 bits per heavy atom. The highest BCUT2D eigenvalue weighted by Crippen LogP contribution is 2.31. The van der Waals surface area contributed by atoms with Crippen molar-refractivity contribution in [2.75, 3.05) is 40.3 Å². The van der Waals surface area contributed by atoms with E-state index in [0.717, 1.165) is 37.4 Å². The maximum absolute atomic E-state index is 9.55. The van der Waals surface area contributed by atoms with E-state index >= 15 is 0 Å². The zero-order valence-electron chi connectivity index (χ0n) is 12.1. The van der Waals surface area contributed by atoms with E-state index in [4.69, 9.17) is 4.74 Å². The molecule has 1 unspecified atom stereocenters. The summed E-state index contributed by atoms with van der Waals surface area (Å²) < 4.78 is 7.10. The smallest absolute Gasteiger partial charge is 0.217 e. The van der Waals surface area contributed by atoms with Gasteiger partial charge in [-0.15, -0.1) is 0 Å². The van der Waals surface area contributed by atoms with Gasteiger partial charge in [0.15, 0.2) is 0 Å². The van der Waals surface area contributed by atoms with E-state index in [9.17, 15) is 5.26 Å². The van der Waals surface area contributed by atoms with Crippen molar-refractivity contribution in [3.05, 3.63) is 11.3 Å². The van der Waals surface area contributed by atoms with E-state index in [1.54, 1.807) is 11.8 Å². The molecule has 1 aromatic rings. The molecule has 1 aromatic heterocycles. The highest BCUT2D eigenvalue weighted by Gasteiger charge is 2.30. The molecule has 6 heteroatoms. The van der Waals surface area contributed by atoms with E-state index in [1.165, 1.54) is 0 Å². The summed E-state index contributed by atoms with van der Waals surface area (Å²) in [5, 5.41) is 13.9. The molecule has 0 bridgehead atoms. The minimum Gasteiger partial charge on any atom is -0.481 e. The molecule has 19 heavy (non-hydrogen) atoms. The standard InChI is InChI=1S/C13H21N5O/c1-10-12(13(19-4)17(3)15-10)11(9-14)18-7-5-16(2)6-8-18/h11H,5-8H2,1-4H3. The number of rotatable bonds is 3. The third kappa shape index (κ3) is 2.57. The summed E-state index contributed by atoms with van der Waals surface area (Å²) in [5.74, 6) is 0.683. The Labute approximate surface area is 114 Å². The van der Waals surface area contributed by atoms with Crippen molar-refractivity contribution in [2.24, 2.45) is 7.05 Å². The van der Waals surface area contributed by atoms with Crippen LogP contribution in [0.15, 0.2) is 0 Å². The number of nitriles is 1. The Hall–Kier alpha value is -1.58. The molecule has 1 saturated heterocycles. The van der Waals surface area contributed by atoms with E-state index in [-0.39, 0.29) is 6.04 Å². The fraction of sp³-hybridized carbons (Fsp3) is 0.692. The van der Waals surface area contributed by atoms with E-state index in [2.05, 4.69) is 28.0 Å². The van der Waals surface area contributed by atoms with Gasteiger partial charge in [-0.3, -0.25) is 4.90 Å². The molecule has 0 amide bonds. The van der Waals surface area contributed by atoms with E-state index in [0.29, 0.717) is 5.88 Å². The summed E-state index contributed by atoms with van der Waals surface area (Å²) in [6, 6.07) is 2.13. The normalized spacial score (nSPS) is 19.1. The molecule has 1 aliphatic heterocycles. The molecule has 0 aromatic carbocycles. The maximum atomic E-state index is 9.55. The van der Waals surface area contributed by atoms with Crippen molar-refractivity contribution in [1.82, 2.24) is 19.6 Å². The van der Waals surface area contributed by atoms with Gasteiger partial charge in [0.25, 0.3) is 0 Å². The number of nitrogens with zero attached hydrogens (tertiary/aromatic N) is 5. The van der Waals surface area contributed by atoms with Gasteiger partial charge in [-0.25, -0.2) is 4.68 Å². The summed E-state index contributed by atoms with van der Waals surface area (Å²) in [6.07, 6.45) is 0. The fourth-order valence-electron chi connectivity index (χ4n) is 2.62. The molecule has 104 valence electrons. The monoisotopic (exact) mass is 263 g/mol. The van der Waals surface area contributed by atoms with Gasteiger partial charge >= 0.3 is 0 Å². The molecule has 6 nitrogen and oxygen atoms in total. The van der Waals surface area contributed by atoms with Crippen LogP contribution in [-0.4, -0.2) is 59.9 Å². The summed E-state index contributed by atoms with van der Waals surface area (Å²) in [7, 11) is 5.57. The van der Waals surface area contributed by atoms with Gasteiger partial charge in [-0.2, -0.15) is 10.4 Å². The SMILES string of the molecule is COc1c(C(C#N)N2CCN(C)CC2)c(C)nn1C. The first-order valence-electron chi connectivity index (χ1n) is 6.48. The Morgan fingerprint density at radius 1 is 1.26 bits per heavy atom. The molecule has 0 radical (unpaired) electrons. The van der Waals surface area contributed by atoms with Crippen LogP contribution >= 0.6 is 0 Å². The Bertz CT molecular complexity index is 482. The predicted octanol–water partition coefficient (Wildman–Crippen LogP) is 0.549. The quantitative estimate of drug-likeness (QED) is 0.797. The third-order valence-electron chi connectivity index (χ3n) is 3.71. The molecule has 2 rings (SSSR count). The van der Waals surface area contributed by atoms with Crippen LogP contribution in [0.3, 0.4) is 0 Å². The number of ether oxygens (including phenoxy) is 1. The van der Waals surface area contributed by atoms with Crippen LogP contribution in [0.1, 0.15) is 17.3 Å². The molecular weight excluding hydrogens is 242 g/mol. The Morgan fingerprint density at radius 2 is 1.89 bits per heavy atom. The topological polar surface area (TPSA) is 57.3 Å². The van der Waals surface area contributed by atoms with Crippen molar-refractivity contribution in [3.8, 4) is 11.9 Å². The van der Waals surface area contributed by atoms with Gasteiger partial charge in [0.1, 0.15) is 6.04 Å². The number of aryl methyl sites for hydroxylation is 2. The Balaban J connectivity index is 2.30. The number of hydrogen-bond acceptors (Lipinski definition) is 5. The van der Waals surface area contributed by atoms with Crippen molar-refractivity contribution in [1.29, 1.82) is 5.26 Å². The lowest BCUT2D eigenvalue weighted by atomic mass is 10.1. The lowest BCUT2D eigenvalue weighted by Crippen LogP contribution is -2.45. The third-order valence-corrected chi connectivity index (χ3v) is 3.71. The molecule has 1 aliphatic rings. The molecule has 1 atom stereocenters. The zero-order chi connectivity index (χ0) is 14.0. The minimum absolute atomic E-state index is 0.280. The highest BCUT2D eigenvalue weighted by atomic mass is 16.5. The average molecular weight is 263 g/mol. The van der Waals surface area contributed by atoms with Crippen molar-refractivity contribution in [2.45, 2.75) is 13.0 Å². The van der Waals surface area contributed by atoms with Crippen LogP contribution in [0.4, 0.5) is 0 Å². The number of methoxy groups -OCH3 is 1. The van der Waals surface area contributed by atoms with Gasteiger partial charge in [-0.1, -0.05) is 0 Å². The Kier molecular flexibility index (Phi) is 4.08. The lowest BCUT2D eigenvalue weighted by Gasteiger charge is -2.35. The van der Waals surface area contributed by atoms with Crippen LogP contribution in [0.5, 0.6) is 5.88 Å². The predicted molar refractivity (Wildman–Crippen MR) is 71.9 cm³/mol. The summed E-state index contributed by atoms with van der Waals surface area (Å²) in [5.41, 5.74) is 1.77. The van der Waals surface area contributed by atoms with Crippen LogP contribution in [0.25, 0.3) is 0 Å². The maximum Gasteiger partial charge on any atom is 0.217 e. The first-order chi connectivity index (χ1) is 9.08.